The molecule has 2 aromatic carbocycles. The molecule has 6 nitrogen and oxygen atoms in total. The van der Waals surface area contributed by atoms with E-state index < -0.39 is 23.6 Å². The number of anilines is 1. The number of rotatable bonds is 6. The van der Waals surface area contributed by atoms with Crippen molar-refractivity contribution in [1.29, 1.82) is 0 Å². The highest BCUT2D eigenvalue weighted by Crippen LogP contribution is 2.35. The van der Waals surface area contributed by atoms with Crippen LogP contribution in [-0.4, -0.2) is 35.1 Å². The standard InChI is InChI=1S/C21H12BrClI2N2O4S/c1-2-5-31-19-15(24)6-11(7-16(19)25)8-17-20(29)27(21(30)32-17)10-18(28)26-12-3-4-13(22)14(23)9-12/h1,3-4,6-9H,5,10H2,(H,26,28)/b17-8-. The normalized spacial score (nSPS) is 14.6. The first-order valence-electron chi connectivity index (χ1n) is 8.75. The summed E-state index contributed by atoms with van der Waals surface area (Å²) in [5.74, 6) is 2.05. The number of thioether (sulfide) groups is 1. The summed E-state index contributed by atoms with van der Waals surface area (Å²) in [4.78, 5) is 38.6. The fourth-order valence-corrected chi connectivity index (χ4v) is 6.01. The van der Waals surface area contributed by atoms with Gasteiger partial charge in [-0.1, -0.05) is 17.5 Å². The molecule has 1 N–H and O–H groups in total. The first-order chi connectivity index (χ1) is 15.2. The maximum Gasteiger partial charge on any atom is 0.294 e. The smallest absolute Gasteiger partial charge is 0.294 e. The van der Waals surface area contributed by atoms with E-state index >= 15 is 0 Å². The van der Waals surface area contributed by atoms with Gasteiger partial charge in [0.2, 0.25) is 5.91 Å². The van der Waals surface area contributed by atoms with Gasteiger partial charge in [-0.15, -0.1) is 6.42 Å². The molecule has 1 heterocycles. The summed E-state index contributed by atoms with van der Waals surface area (Å²) in [6.07, 6.45) is 6.86. The summed E-state index contributed by atoms with van der Waals surface area (Å²) in [6, 6.07) is 8.56. The Kier molecular flexibility index (Phi) is 8.90. The van der Waals surface area contributed by atoms with Crippen molar-refractivity contribution < 1.29 is 19.1 Å². The van der Waals surface area contributed by atoms with E-state index in [1.165, 1.54) is 0 Å². The zero-order valence-electron chi connectivity index (χ0n) is 16.0. The van der Waals surface area contributed by atoms with E-state index in [4.69, 9.17) is 22.8 Å². The number of terminal acetylenes is 1. The molecule has 1 fully saturated rings. The first kappa shape index (κ1) is 25.4. The van der Waals surface area contributed by atoms with Crippen molar-refractivity contribution in [3.05, 3.63) is 57.4 Å². The number of carbonyl (C=O) groups is 3. The van der Waals surface area contributed by atoms with Crippen LogP contribution in [0, 0.1) is 19.5 Å². The quantitative estimate of drug-likeness (QED) is 0.223. The van der Waals surface area contributed by atoms with E-state index in [0.717, 1.165) is 29.4 Å². The van der Waals surface area contributed by atoms with Gasteiger partial charge in [0.15, 0.2) is 0 Å². The molecule has 3 amide bonds. The molecule has 0 spiro atoms. The van der Waals surface area contributed by atoms with E-state index in [-0.39, 0.29) is 11.5 Å². The number of nitrogens with zero attached hydrogens (tertiary/aromatic N) is 1. The maximum absolute atomic E-state index is 12.7. The average Bonchev–Trinajstić information content (AvgIpc) is 2.97. The predicted molar refractivity (Wildman–Crippen MR) is 147 cm³/mol. The molecule has 164 valence electrons. The molecule has 32 heavy (non-hydrogen) atoms. The van der Waals surface area contributed by atoms with Crippen LogP contribution in [0.3, 0.4) is 0 Å². The topological polar surface area (TPSA) is 75.7 Å². The molecule has 1 saturated heterocycles. The molecule has 3 rings (SSSR count). The highest BCUT2D eigenvalue weighted by Gasteiger charge is 2.36. The summed E-state index contributed by atoms with van der Waals surface area (Å²) < 4.78 is 7.87. The van der Waals surface area contributed by atoms with Crippen LogP contribution in [0.15, 0.2) is 39.7 Å². The SMILES string of the molecule is C#CCOc1c(I)cc(/C=C2\SC(=O)N(CC(=O)Nc3ccc(Br)c(Cl)c3)C2=O)cc1I. The third-order valence-corrected chi connectivity index (χ3v) is 7.74. The lowest BCUT2D eigenvalue weighted by atomic mass is 10.2. The third kappa shape index (κ3) is 6.19. The Balaban J connectivity index is 1.72. The van der Waals surface area contributed by atoms with Crippen molar-refractivity contribution in [2.45, 2.75) is 0 Å². The van der Waals surface area contributed by atoms with Crippen molar-refractivity contribution >= 4 is 113 Å². The van der Waals surface area contributed by atoms with E-state index in [2.05, 4.69) is 72.3 Å². The molecule has 2 aromatic rings. The summed E-state index contributed by atoms with van der Waals surface area (Å²) in [7, 11) is 0. The molecule has 1 aliphatic heterocycles. The van der Waals surface area contributed by atoms with E-state index in [0.29, 0.717) is 20.9 Å². The summed E-state index contributed by atoms with van der Waals surface area (Å²) >= 11 is 14.3. The number of carbonyl (C=O) groups excluding carboxylic acids is 3. The lowest BCUT2D eigenvalue weighted by Gasteiger charge is -2.13. The Morgan fingerprint density at radius 2 is 1.97 bits per heavy atom. The van der Waals surface area contributed by atoms with Gasteiger partial charge in [-0.3, -0.25) is 19.3 Å². The van der Waals surface area contributed by atoms with Crippen LogP contribution in [0.1, 0.15) is 5.56 Å². The van der Waals surface area contributed by atoms with Gasteiger partial charge in [-0.2, -0.15) is 0 Å². The van der Waals surface area contributed by atoms with Gasteiger partial charge in [0.05, 0.1) is 17.1 Å². The zero-order chi connectivity index (χ0) is 23.4. The van der Waals surface area contributed by atoms with Crippen molar-refractivity contribution in [2.24, 2.45) is 0 Å². The molecule has 0 saturated carbocycles. The van der Waals surface area contributed by atoms with Gasteiger partial charge in [0.1, 0.15) is 18.9 Å². The van der Waals surface area contributed by atoms with Gasteiger partial charge < -0.3 is 10.1 Å². The minimum Gasteiger partial charge on any atom is -0.479 e. The number of amides is 3. The Morgan fingerprint density at radius 1 is 1.28 bits per heavy atom. The Hall–Kier alpha value is -1.27. The van der Waals surface area contributed by atoms with Crippen molar-refractivity contribution in [3.63, 3.8) is 0 Å². The lowest BCUT2D eigenvalue weighted by molar-refractivity contribution is -0.127. The lowest BCUT2D eigenvalue weighted by Crippen LogP contribution is -2.36. The first-order valence-corrected chi connectivity index (χ1v) is 12.9. The molecule has 0 radical (unpaired) electrons. The van der Waals surface area contributed by atoms with Gasteiger partial charge in [-0.05, 0) is 115 Å². The number of hydrogen-bond donors (Lipinski definition) is 1. The average molecular weight is 758 g/mol. The zero-order valence-corrected chi connectivity index (χ0v) is 23.4. The van der Waals surface area contributed by atoms with Crippen LogP contribution in [0.2, 0.25) is 5.02 Å². The number of halogens is 4. The summed E-state index contributed by atoms with van der Waals surface area (Å²) in [5, 5.41) is 2.55. The van der Waals surface area contributed by atoms with Crippen molar-refractivity contribution in [2.75, 3.05) is 18.5 Å². The van der Waals surface area contributed by atoms with Crippen molar-refractivity contribution in [3.8, 4) is 18.1 Å². The minimum absolute atomic E-state index is 0.152. The molecule has 0 aromatic heterocycles. The van der Waals surface area contributed by atoms with Crippen LogP contribution >= 0.6 is 84.5 Å². The van der Waals surface area contributed by atoms with E-state index in [1.807, 2.05) is 12.1 Å². The second-order valence-corrected chi connectivity index (χ2v) is 10.8. The number of benzene rings is 2. The van der Waals surface area contributed by atoms with Gasteiger partial charge in [0, 0.05) is 10.2 Å². The molecule has 0 bridgehead atoms. The monoisotopic (exact) mass is 756 g/mol. The Morgan fingerprint density at radius 3 is 2.59 bits per heavy atom. The largest absolute Gasteiger partial charge is 0.479 e. The maximum atomic E-state index is 12.7. The minimum atomic E-state index is -0.526. The molecule has 0 aliphatic carbocycles. The molecular weight excluding hydrogens is 745 g/mol. The summed E-state index contributed by atoms with van der Waals surface area (Å²) in [5.41, 5.74) is 1.19. The number of ether oxygens (including phenoxy) is 1. The Bertz CT molecular complexity index is 1180. The van der Waals surface area contributed by atoms with Crippen LogP contribution < -0.4 is 10.1 Å². The number of imide groups is 1. The second kappa shape index (κ2) is 11.2. The van der Waals surface area contributed by atoms with Crippen LogP contribution in [0.5, 0.6) is 5.75 Å². The number of hydrogen-bond acceptors (Lipinski definition) is 5. The van der Waals surface area contributed by atoms with Crippen LogP contribution in [0.25, 0.3) is 6.08 Å². The van der Waals surface area contributed by atoms with Gasteiger partial charge >= 0.3 is 0 Å². The third-order valence-electron chi connectivity index (χ3n) is 4.00. The fraction of sp³-hybridized carbons (Fsp3) is 0.0952. The fourth-order valence-electron chi connectivity index (χ4n) is 2.62. The van der Waals surface area contributed by atoms with Gasteiger partial charge in [0.25, 0.3) is 11.1 Å². The number of nitrogens with one attached hydrogen (secondary N) is 1. The second-order valence-electron chi connectivity index (χ2n) is 6.25. The van der Waals surface area contributed by atoms with Crippen molar-refractivity contribution in [1.82, 2.24) is 4.90 Å². The molecule has 11 heteroatoms. The molecular formula is C21H12BrClI2N2O4S. The molecule has 1 aliphatic rings. The Labute approximate surface area is 229 Å². The summed E-state index contributed by atoms with van der Waals surface area (Å²) in [6.45, 7) is -0.248. The van der Waals surface area contributed by atoms with E-state index in [9.17, 15) is 14.4 Å². The molecule has 0 atom stereocenters. The predicted octanol–water partition coefficient (Wildman–Crippen LogP) is 6.00. The van der Waals surface area contributed by atoms with Crippen LogP contribution in [0.4, 0.5) is 10.5 Å². The van der Waals surface area contributed by atoms with Crippen LogP contribution in [-0.2, 0) is 9.59 Å². The highest BCUT2D eigenvalue weighted by atomic mass is 127. The highest BCUT2D eigenvalue weighted by molar-refractivity contribution is 14.1. The van der Waals surface area contributed by atoms with E-state index in [1.54, 1.807) is 24.3 Å². The van der Waals surface area contributed by atoms with Gasteiger partial charge in [-0.25, -0.2) is 0 Å². The molecule has 0 unspecified atom stereocenters.